The molecule has 1 fully saturated rings. The van der Waals surface area contributed by atoms with Crippen LogP contribution in [0.15, 0.2) is 0 Å². The van der Waals surface area contributed by atoms with Crippen LogP contribution in [-0.4, -0.2) is 24.2 Å². The minimum atomic E-state index is -1.28. The van der Waals surface area contributed by atoms with Crippen molar-refractivity contribution in [1.29, 1.82) is 0 Å². The second-order valence-electron chi connectivity index (χ2n) is 4.40. The lowest BCUT2D eigenvalue weighted by molar-refractivity contribution is -0.183. The van der Waals surface area contributed by atoms with E-state index >= 15 is 0 Å². The summed E-state index contributed by atoms with van der Waals surface area (Å²) in [5.74, 6) is -1.70. The van der Waals surface area contributed by atoms with E-state index in [1.165, 1.54) is 7.11 Å². The fourth-order valence-corrected chi connectivity index (χ4v) is 2.16. The van der Waals surface area contributed by atoms with Crippen LogP contribution in [0.1, 0.15) is 26.7 Å². The summed E-state index contributed by atoms with van der Waals surface area (Å²) in [6, 6.07) is 0. The smallest absolute Gasteiger partial charge is 0.323 e. The summed E-state index contributed by atoms with van der Waals surface area (Å²) < 4.78 is 4.49. The standard InChI is InChI=1S/C9H14O4/c1-8(2)4-9(5-8,6(10)11)7(12)13-3/h4-5H2,1-3H3,(H,10,11). The van der Waals surface area contributed by atoms with Crippen LogP contribution in [0.2, 0.25) is 0 Å². The van der Waals surface area contributed by atoms with Gasteiger partial charge in [0.1, 0.15) is 0 Å². The number of carbonyl (C=O) groups is 2. The monoisotopic (exact) mass is 186 g/mol. The number of carboxylic acids is 1. The number of hydrogen-bond donors (Lipinski definition) is 1. The molecule has 74 valence electrons. The van der Waals surface area contributed by atoms with E-state index in [0.717, 1.165) is 0 Å². The molecule has 0 amide bonds. The van der Waals surface area contributed by atoms with Gasteiger partial charge >= 0.3 is 11.9 Å². The maximum atomic E-state index is 11.2. The van der Waals surface area contributed by atoms with E-state index in [4.69, 9.17) is 5.11 Å². The van der Waals surface area contributed by atoms with Gasteiger partial charge in [0, 0.05) is 0 Å². The van der Waals surface area contributed by atoms with Gasteiger partial charge in [-0.1, -0.05) is 13.8 Å². The average Bonchev–Trinajstić information content (AvgIpc) is 1.97. The topological polar surface area (TPSA) is 63.6 Å². The molecule has 0 saturated heterocycles. The second kappa shape index (κ2) is 2.72. The average molecular weight is 186 g/mol. The quantitative estimate of drug-likeness (QED) is 0.517. The Balaban J connectivity index is 2.83. The predicted molar refractivity (Wildman–Crippen MR) is 45.1 cm³/mol. The van der Waals surface area contributed by atoms with Crippen LogP contribution in [0, 0.1) is 10.8 Å². The molecule has 1 aliphatic rings. The summed E-state index contributed by atoms with van der Waals surface area (Å²) in [4.78, 5) is 22.1. The van der Waals surface area contributed by atoms with Crippen molar-refractivity contribution < 1.29 is 19.4 Å². The minimum absolute atomic E-state index is 0.0629. The lowest BCUT2D eigenvalue weighted by Gasteiger charge is -2.47. The van der Waals surface area contributed by atoms with Gasteiger partial charge in [0.15, 0.2) is 5.41 Å². The van der Waals surface area contributed by atoms with E-state index in [2.05, 4.69) is 4.74 Å². The third kappa shape index (κ3) is 1.41. The van der Waals surface area contributed by atoms with Crippen molar-refractivity contribution in [2.24, 2.45) is 10.8 Å². The highest BCUT2D eigenvalue weighted by atomic mass is 16.5. The third-order valence-corrected chi connectivity index (χ3v) is 2.55. The number of ether oxygens (including phenoxy) is 1. The Morgan fingerprint density at radius 2 is 1.77 bits per heavy atom. The Kier molecular flexibility index (Phi) is 2.10. The molecule has 13 heavy (non-hydrogen) atoms. The van der Waals surface area contributed by atoms with Crippen LogP contribution in [0.5, 0.6) is 0 Å². The number of aliphatic carboxylic acids is 1. The molecule has 1 N–H and O–H groups in total. The molecule has 0 atom stereocenters. The molecule has 1 aliphatic carbocycles. The molecule has 0 radical (unpaired) electrons. The fraction of sp³-hybridized carbons (Fsp3) is 0.778. The molecule has 0 spiro atoms. The van der Waals surface area contributed by atoms with Crippen LogP contribution < -0.4 is 0 Å². The van der Waals surface area contributed by atoms with Crippen LogP contribution in [0.3, 0.4) is 0 Å². The molecule has 1 saturated carbocycles. The molecule has 0 aliphatic heterocycles. The van der Waals surface area contributed by atoms with E-state index in [1.54, 1.807) is 0 Å². The van der Waals surface area contributed by atoms with E-state index in [0.29, 0.717) is 12.8 Å². The van der Waals surface area contributed by atoms with Crippen molar-refractivity contribution in [3.63, 3.8) is 0 Å². The second-order valence-corrected chi connectivity index (χ2v) is 4.40. The van der Waals surface area contributed by atoms with Gasteiger partial charge in [-0.15, -0.1) is 0 Å². The molecule has 0 aromatic heterocycles. The van der Waals surface area contributed by atoms with Gasteiger partial charge in [-0.25, -0.2) is 0 Å². The summed E-state index contributed by atoms with van der Waals surface area (Å²) in [5.41, 5.74) is -1.34. The molecule has 0 unspecified atom stereocenters. The van der Waals surface area contributed by atoms with Gasteiger partial charge in [-0.05, 0) is 18.3 Å². The predicted octanol–water partition coefficient (Wildman–Crippen LogP) is 1.05. The molecule has 0 aromatic rings. The van der Waals surface area contributed by atoms with Crippen LogP contribution in [-0.2, 0) is 14.3 Å². The van der Waals surface area contributed by atoms with Gasteiger partial charge in [0.05, 0.1) is 7.11 Å². The number of methoxy groups -OCH3 is 1. The first-order valence-corrected chi connectivity index (χ1v) is 4.16. The summed E-state index contributed by atoms with van der Waals surface area (Å²) >= 11 is 0. The molecule has 1 rings (SSSR count). The maximum Gasteiger partial charge on any atom is 0.323 e. The Bertz CT molecular complexity index is 246. The Morgan fingerprint density at radius 3 is 2.00 bits per heavy atom. The first-order chi connectivity index (χ1) is 5.84. The van der Waals surface area contributed by atoms with E-state index in [-0.39, 0.29) is 5.41 Å². The van der Waals surface area contributed by atoms with Gasteiger partial charge in [-0.2, -0.15) is 0 Å². The van der Waals surface area contributed by atoms with Crippen LogP contribution in [0.25, 0.3) is 0 Å². The van der Waals surface area contributed by atoms with Crippen molar-refractivity contribution in [2.45, 2.75) is 26.7 Å². The van der Waals surface area contributed by atoms with Crippen molar-refractivity contribution in [3.8, 4) is 0 Å². The summed E-state index contributed by atoms with van der Waals surface area (Å²) in [5, 5.41) is 8.92. The molecule has 4 nitrogen and oxygen atoms in total. The molecule has 0 bridgehead atoms. The minimum Gasteiger partial charge on any atom is -0.480 e. The first kappa shape index (κ1) is 10.0. The lowest BCUT2D eigenvalue weighted by Crippen LogP contribution is -2.54. The van der Waals surface area contributed by atoms with Crippen molar-refractivity contribution in [1.82, 2.24) is 0 Å². The number of hydrogen-bond acceptors (Lipinski definition) is 3. The van der Waals surface area contributed by atoms with Crippen molar-refractivity contribution in [2.75, 3.05) is 7.11 Å². The SMILES string of the molecule is COC(=O)C1(C(=O)O)CC(C)(C)C1. The highest BCUT2D eigenvalue weighted by Crippen LogP contribution is 2.54. The van der Waals surface area contributed by atoms with Crippen molar-refractivity contribution in [3.05, 3.63) is 0 Å². The van der Waals surface area contributed by atoms with Crippen LogP contribution >= 0.6 is 0 Å². The largest absolute Gasteiger partial charge is 0.480 e. The highest BCUT2D eigenvalue weighted by molar-refractivity contribution is 6.00. The molecular formula is C9H14O4. The zero-order valence-corrected chi connectivity index (χ0v) is 8.09. The fourth-order valence-electron chi connectivity index (χ4n) is 2.16. The van der Waals surface area contributed by atoms with E-state index in [9.17, 15) is 9.59 Å². The molecular weight excluding hydrogens is 172 g/mol. The van der Waals surface area contributed by atoms with Gasteiger partial charge in [-0.3, -0.25) is 9.59 Å². The number of carbonyl (C=O) groups excluding carboxylic acids is 1. The lowest BCUT2D eigenvalue weighted by atomic mass is 9.54. The summed E-state index contributed by atoms with van der Waals surface area (Å²) in [6.07, 6.45) is 0.726. The summed E-state index contributed by atoms with van der Waals surface area (Å²) in [6.45, 7) is 3.88. The normalized spacial score (nSPS) is 23.0. The number of esters is 1. The van der Waals surface area contributed by atoms with Gasteiger partial charge in [0.25, 0.3) is 0 Å². The van der Waals surface area contributed by atoms with E-state index in [1.807, 2.05) is 13.8 Å². The summed E-state index contributed by atoms with van der Waals surface area (Å²) in [7, 11) is 1.22. The zero-order valence-electron chi connectivity index (χ0n) is 8.09. The zero-order chi connectivity index (χ0) is 10.3. The molecule has 0 heterocycles. The van der Waals surface area contributed by atoms with Gasteiger partial charge in [0.2, 0.25) is 0 Å². The number of carboxylic acid groups (broad SMARTS) is 1. The molecule has 4 heteroatoms. The Morgan fingerprint density at radius 1 is 1.31 bits per heavy atom. The maximum absolute atomic E-state index is 11.2. The first-order valence-electron chi connectivity index (χ1n) is 4.16. The Hall–Kier alpha value is -1.06. The number of rotatable bonds is 2. The molecule has 0 aromatic carbocycles. The van der Waals surface area contributed by atoms with Crippen molar-refractivity contribution >= 4 is 11.9 Å². The van der Waals surface area contributed by atoms with Crippen LogP contribution in [0.4, 0.5) is 0 Å². The Labute approximate surface area is 76.9 Å². The highest BCUT2D eigenvalue weighted by Gasteiger charge is 2.60. The van der Waals surface area contributed by atoms with E-state index < -0.39 is 17.4 Å². The van der Waals surface area contributed by atoms with Gasteiger partial charge < -0.3 is 9.84 Å². The third-order valence-electron chi connectivity index (χ3n) is 2.55.